The molecule has 1 atom stereocenters. The highest BCUT2D eigenvalue weighted by Gasteiger charge is 2.21. The predicted octanol–water partition coefficient (Wildman–Crippen LogP) is 1.74. The maximum Gasteiger partial charge on any atom is 0.229 e. The van der Waals surface area contributed by atoms with Crippen molar-refractivity contribution in [2.45, 2.75) is 19.5 Å². The molecule has 9 nitrogen and oxygen atoms in total. The Labute approximate surface area is 160 Å². The number of benzene rings is 1. The first-order valence-corrected chi connectivity index (χ1v) is 8.49. The van der Waals surface area contributed by atoms with E-state index in [-0.39, 0.29) is 12.0 Å². The Morgan fingerprint density at radius 2 is 1.63 bits per heavy atom. The van der Waals surface area contributed by atoms with E-state index in [1.54, 1.807) is 26.2 Å². The summed E-state index contributed by atoms with van der Waals surface area (Å²) in [6.07, 6.45) is 0. The third-order valence-corrected chi connectivity index (χ3v) is 4.30. The second-order valence-corrected chi connectivity index (χ2v) is 6.33. The van der Waals surface area contributed by atoms with Gasteiger partial charge in [0.15, 0.2) is 17.3 Å². The number of nitrogens with zero attached hydrogens (tertiary/aromatic N) is 5. The Bertz CT molecular complexity index is 784. The van der Waals surface area contributed by atoms with Crippen molar-refractivity contribution >= 4 is 11.9 Å². The summed E-state index contributed by atoms with van der Waals surface area (Å²) in [4.78, 5) is 16.8. The minimum Gasteiger partial charge on any atom is -0.493 e. The molecule has 27 heavy (non-hydrogen) atoms. The molecule has 1 aromatic carbocycles. The highest BCUT2D eigenvalue weighted by molar-refractivity contribution is 5.55. The molecule has 0 saturated carbocycles. The highest BCUT2D eigenvalue weighted by Crippen LogP contribution is 2.40. The van der Waals surface area contributed by atoms with Crippen LogP contribution in [0.1, 0.15) is 24.4 Å². The van der Waals surface area contributed by atoms with Crippen molar-refractivity contribution in [1.82, 2.24) is 19.9 Å². The number of rotatable bonds is 8. The Morgan fingerprint density at radius 3 is 2.19 bits per heavy atom. The van der Waals surface area contributed by atoms with Gasteiger partial charge in [-0.3, -0.25) is 4.90 Å². The smallest absolute Gasteiger partial charge is 0.229 e. The largest absolute Gasteiger partial charge is 0.493 e. The van der Waals surface area contributed by atoms with Crippen LogP contribution in [0.4, 0.5) is 11.9 Å². The fourth-order valence-electron chi connectivity index (χ4n) is 2.67. The quantitative estimate of drug-likeness (QED) is 0.738. The summed E-state index contributed by atoms with van der Waals surface area (Å²) >= 11 is 0. The van der Waals surface area contributed by atoms with Gasteiger partial charge in [-0.05, 0) is 20.0 Å². The lowest BCUT2D eigenvalue weighted by Gasteiger charge is -2.25. The van der Waals surface area contributed by atoms with E-state index in [1.807, 2.05) is 40.2 Å². The zero-order valence-electron chi connectivity index (χ0n) is 17.0. The summed E-state index contributed by atoms with van der Waals surface area (Å²) in [7, 11) is 10.5. The molecule has 2 aromatic rings. The zero-order valence-corrected chi connectivity index (χ0v) is 17.0. The van der Waals surface area contributed by atoms with E-state index in [0.29, 0.717) is 35.6 Å². The van der Waals surface area contributed by atoms with Gasteiger partial charge in [-0.2, -0.15) is 15.0 Å². The van der Waals surface area contributed by atoms with Crippen molar-refractivity contribution in [3.05, 3.63) is 23.5 Å². The minimum absolute atomic E-state index is 0.0909. The number of hydrogen-bond acceptors (Lipinski definition) is 9. The van der Waals surface area contributed by atoms with Crippen LogP contribution >= 0.6 is 0 Å². The molecular weight excluding hydrogens is 348 g/mol. The molecule has 0 aliphatic rings. The molecule has 2 rings (SSSR count). The molecule has 0 aliphatic heterocycles. The number of aromatic nitrogens is 3. The minimum atomic E-state index is -0.0909. The van der Waals surface area contributed by atoms with E-state index in [9.17, 15) is 0 Å². The number of hydrogen-bond donors (Lipinski definition) is 1. The van der Waals surface area contributed by atoms with Crippen LogP contribution in [0, 0.1) is 0 Å². The van der Waals surface area contributed by atoms with Gasteiger partial charge in [0.05, 0.1) is 27.4 Å². The van der Waals surface area contributed by atoms with Crippen molar-refractivity contribution in [3.63, 3.8) is 0 Å². The van der Waals surface area contributed by atoms with E-state index in [4.69, 9.17) is 19.9 Å². The van der Waals surface area contributed by atoms with Gasteiger partial charge in [-0.1, -0.05) is 6.07 Å². The SMILES string of the molecule is COc1ccc(CN(C)C(C)c2nc(N)nc(N(C)C)n2)c(OC)c1OC. The molecule has 2 N–H and O–H groups in total. The lowest BCUT2D eigenvalue weighted by Crippen LogP contribution is -2.26. The fourth-order valence-corrected chi connectivity index (χ4v) is 2.67. The van der Waals surface area contributed by atoms with Gasteiger partial charge in [0.25, 0.3) is 0 Å². The average molecular weight is 376 g/mol. The van der Waals surface area contributed by atoms with Crippen molar-refractivity contribution in [1.29, 1.82) is 0 Å². The van der Waals surface area contributed by atoms with Crippen molar-refractivity contribution in [3.8, 4) is 17.2 Å². The number of methoxy groups -OCH3 is 3. The van der Waals surface area contributed by atoms with Gasteiger partial charge in [0.2, 0.25) is 17.6 Å². The van der Waals surface area contributed by atoms with Crippen LogP contribution in [0.5, 0.6) is 17.2 Å². The molecular formula is C18H28N6O3. The predicted molar refractivity (Wildman–Crippen MR) is 105 cm³/mol. The average Bonchev–Trinajstić information content (AvgIpc) is 2.66. The lowest BCUT2D eigenvalue weighted by molar-refractivity contribution is 0.238. The number of nitrogens with two attached hydrogens (primary N) is 1. The molecule has 0 aliphatic carbocycles. The van der Waals surface area contributed by atoms with Crippen LogP contribution in [-0.2, 0) is 6.54 Å². The molecule has 0 bridgehead atoms. The Morgan fingerprint density at radius 1 is 0.963 bits per heavy atom. The van der Waals surface area contributed by atoms with Crippen LogP contribution in [0.25, 0.3) is 0 Å². The molecule has 148 valence electrons. The maximum atomic E-state index is 5.85. The summed E-state index contributed by atoms with van der Waals surface area (Å²) in [6, 6.07) is 3.73. The molecule has 0 fully saturated rings. The summed E-state index contributed by atoms with van der Waals surface area (Å²) in [5.74, 6) is 3.16. The topological polar surface area (TPSA) is 98.9 Å². The molecule has 0 radical (unpaired) electrons. The van der Waals surface area contributed by atoms with Gasteiger partial charge in [0.1, 0.15) is 0 Å². The van der Waals surface area contributed by atoms with Gasteiger partial charge in [0, 0.05) is 26.2 Å². The van der Waals surface area contributed by atoms with Crippen molar-refractivity contribution < 1.29 is 14.2 Å². The molecule has 1 aromatic heterocycles. The Balaban J connectivity index is 2.30. The number of anilines is 2. The molecule has 0 amide bonds. The molecule has 9 heteroatoms. The summed E-state index contributed by atoms with van der Waals surface area (Å²) < 4.78 is 16.4. The Kier molecular flexibility index (Phi) is 6.62. The van der Waals surface area contributed by atoms with E-state index < -0.39 is 0 Å². The summed E-state index contributed by atoms with van der Waals surface area (Å²) in [5, 5.41) is 0. The second kappa shape index (κ2) is 8.72. The molecule has 0 saturated heterocycles. The fraction of sp³-hybridized carbons (Fsp3) is 0.500. The molecule has 1 unspecified atom stereocenters. The lowest BCUT2D eigenvalue weighted by atomic mass is 10.1. The van der Waals surface area contributed by atoms with Gasteiger partial charge >= 0.3 is 0 Å². The summed E-state index contributed by atoms with van der Waals surface area (Å²) in [5.41, 5.74) is 6.80. The molecule has 1 heterocycles. The van der Waals surface area contributed by atoms with E-state index in [0.717, 1.165) is 5.56 Å². The van der Waals surface area contributed by atoms with Crippen LogP contribution in [-0.4, -0.2) is 62.3 Å². The Hall–Kier alpha value is -2.81. The summed E-state index contributed by atoms with van der Waals surface area (Å²) in [6.45, 7) is 2.61. The van der Waals surface area contributed by atoms with Gasteiger partial charge in [-0.25, -0.2) is 0 Å². The van der Waals surface area contributed by atoms with Crippen molar-refractivity contribution in [2.24, 2.45) is 0 Å². The third kappa shape index (κ3) is 4.48. The van der Waals surface area contributed by atoms with Crippen LogP contribution in [0.2, 0.25) is 0 Å². The number of ether oxygens (including phenoxy) is 3. The van der Waals surface area contributed by atoms with Gasteiger partial charge in [-0.15, -0.1) is 0 Å². The molecule has 0 spiro atoms. The van der Waals surface area contributed by atoms with Crippen LogP contribution in [0.3, 0.4) is 0 Å². The monoisotopic (exact) mass is 376 g/mol. The van der Waals surface area contributed by atoms with E-state index >= 15 is 0 Å². The second-order valence-electron chi connectivity index (χ2n) is 6.33. The normalized spacial score (nSPS) is 12.0. The first-order valence-electron chi connectivity index (χ1n) is 8.49. The van der Waals surface area contributed by atoms with E-state index in [2.05, 4.69) is 19.9 Å². The van der Waals surface area contributed by atoms with Crippen molar-refractivity contribution in [2.75, 3.05) is 53.1 Å². The zero-order chi connectivity index (χ0) is 20.1. The maximum absolute atomic E-state index is 5.85. The number of nitrogen functional groups attached to an aromatic ring is 1. The highest BCUT2D eigenvalue weighted by atomic mass is 16.5. The van der Waals surface area contributed by atoms with Crippen LogP contribution in [0.15, 0.2) is 12.1 Å². The third-order valence-electron chi connectivity index (χ3n) is 4.30. The van der Waals surface area contributed by atoms with Gasteiger partial charge < -0.3 is 24.8 Å². The van der Waals surface area contributed by atoms with Crippen LogP contribution < -0.4 is 24.8 Å². The standard InChI is InChI=1S/C18H28N6O3/c1-11(16-20-17(19)22-18(21-16)23(2)3)24(4)10-12-8-9-13(25-5)15(27-7)14(12)26-6/h8-9,11H,10H2,1-7H3,(H2,19,20,21,22). The first kappa shape index (κ1) is 20.5. The first-order chi connectivity index (χ1) is 12.8. The van der Waals surface area contributed by atoms with E-state index in [1.165, 1.54) is 0 Å².